The van der Waals surface area contributed by atoms with Gasteiger partial charge in [0.15, 0.2) is 5.65 Å². The van der Waals surface area contributed by atoms with E-state index in [0.29, 0.717) is 29.4 Å². The van der Waals surface area contributed by atoms with Crippen LogP contribution in [0.25, 0.3) is 16.7 Å². The molecule has 5 rings (SSSR count). The third kappa shape index (κ3) is 4.07. The van der Waals surface area contributed by atoms with Gasteiger partial charge in [0, 0.05) is 37.2 Å². The number of anilines is 2. The summed E-state index contributed by atoms with van der Waals surface area (Å²) in [7, 11) is 0. The third-order valence-electron chi connectivity index (χ3n) is 5.64. The minimum Gasteiger partial charge on any atom is -0.475 e. The number of ether oxygens (including phenoxy) is 1. The molecular weight excluding hydrogens is 418 g/mol. The summed E-state index contributed by atoms with van der Waals surface area (Å²) in [5, 5.41) is 7.15. The van der Waals surface area contributed by atoms with E-state index in [0.717, 1.165) is 30.9 Å². The van der Waals surface area contributed by atoms with Crippen molar-refractivity contribution in [3.63, 3.8) is 0 Å². The highest BCUT2D eigenvalue weighted by Gasteiger charge is 2.18. The van der Waals surface area contributed by atoms with Crippen molar-refractivity contribution in [1.82, 2.24) is 29.6 Å². The zero-order valence-electron chi connectivity index (χ0n) is 19.0. The Morgan fingerprint density at radius 2 is 2.06 bits per heavy atom. The Labute approximate surface area is 191 Å². The Balaban J connectivity index is 1.57. The number of hydrogen-bond acceptors (Lipinski definition) is 7. The van der Waals surface area contributed by atoms with Crippen molar-refractivity contribution in [2.75, 3.05) is 11.9 Å². The van der Waals surface area contributed by atoms with Gasteiger partial charge in [0.2, 0.25) is 11.8 Å². The quantitative estimate of drug-likeness (QED) is 0.470. The van der Waals surface area contributed by atoms with Crippen LogP contribution in [0.4, 0.5) is 11.6 Å². The molecule has 0 saturated carbocycles. The second-order valence-corrected chi connectivity index (χ2v) is 8.32. The number of nitrogens with one attached hydrogen (secondary N) is 2. The average Bonchev–Trinajstić information content (AvgIpc) is 3.09. The molecule has 170 valence electrons. The first-order chi connectivity index (χ1) is 16.0. The van der Waals surface area contributed by atoms with E-state index in [1.165, 1.54) is 11.1 Å². The van der Waals surface area contributed by atoms with Crippen LogP contribution in [0.5, 0.6) is 5.88 Å². The summed E-state index contributed by atoms with van der Waals surface area (Å²) in [5.74, 6) is 0.932. The Morgan fingerprint density at radius 3 is 2.88 bits per heavy atom. The van der Waals surface area contributed by atoms with Gasteiger partial charge in [-0.2, -0.15) is 4.98 Å². The van der Waals surface area contributed by atoms with Crippen molar-refractivity contribution in [2.24, 2.45) is 0 Å². The maximum atomic E-state index is 13.0. The summed E-state index contributed by atoms with van der Waals surface area (Å²) in [6.07, 6.45) is 4.25. The summed E-state index contributed by atoms with van der Waals surface area (Å²) in [6, 6.07) is 9.95. The largest absolute Gasteiger partial charge is 0.475 e. The zero-order valence-corrected chi connectivity index (χ0v) is 19.0. The van der Waals surface area contributed by atoms with Crippen molar-refractivity contribution in [1.29, 1.82) is 0 Å². The predicted molar refractivity (Wildman–Crippen MR) is 127 cm³/mol. The lowest BCUT2D eigenvalue weighted by molar-refractivity contribution is 0.232. The lowest BCUT2D eigenvalue weighted by Gasteiger charge is -2.18. The van der Waals surface area contributed by atoms with E-state index < -0.39 is 0 Å². The highest BCUT2D eigenvalue weighted by atomic mass is 16.5. The highest BCUT2D eigenvalue weighted by molar-refractivity contribution is 5.77. The smallest absolute Gasteiger partial charge is 0.278 e. The fourth-order valence-electron chi connectivity index (χ4n) is 4.16. The fraction of sp³-hybridized carbons (Fsp3) is 0.333. The summed E-state index contributed by atoms with van der Waals surface area (Å²) < 4.78 is 9.20. The van der Waals surface area contributed by atoms with Crippen LogP contribution in [0.2, 0.25) is 0 Å². The Kier molecular flexibility index (Phi) is 5.55. The van der Waals surface area contributed by atoms with E-state index in [1.807, 2.05) is 39.0 Å². The van der Waals surface area contributed by atoms with Gasteiger partial charge in [-0.05, 0) is 63.1 Å². The van der Waals surface area contributed by atoms with E-state index in [9.17, 15) is 4.79 Å². The van der Waals surface area contributed by atoms with Gasteiger partial charge in [0.1, 0.15) is 5.39 Å². The average molecular weight is 446 g/mol. The standard InChI is InChI=1S/C24H27N7O2/c1-4-30-23(32)20-14-27-24(28-18-6-5-17-13-25-9-7-16(17)11-18)29-22(20)31(30)19-8-10-26-21(12-19)33-15(2)3/h5-6,8,10-12,14-15,25H,4,7,9,13H2,1-3H3,(H,27,28,29). The molecule has 1 aliphatic heterocycles. The molecule has 0 radical (unpaired) electrons. The molecule has 0 atom stereocenters. The van der Waals surface area contributed by atoms with Crippen LogP contribution in [0.1, 0.15) is 31.9 Å². The first-order valence-corrected chi connectivity index (χ1v) is 11.2. The topological polar surface area (TPSA) is 98.9 Å². The van der Waals surface area contributed by atoms with Crippen molar-refractivity contribution >= 4 is 22.7 Å². The molecule has 2 N–H and O–H groups in total. The van der Waals surface area contributed by atoms with Crippen molar-refractivity contribution in [2.45, 2.75) is 46.4 Å². The molecule has 9 heteroatoms. The molecule has 0 spiro atoms. The second-order valence-electron chi connectivity index (χ2n) is 8.32. The zero-order chi connectivity index (χ0) is 22.9. The Morgan fingerprint density at radius 1 is 1.18 bits per heavy atom. The van der Waals surface area contributed by atoms with E-state index in [2.05, 4.69) is 32.7 Å². The van der Waals surface area contributed by atoms with Crippen molar-refractivity contribution in [3.05, 3.63) is 64.2 Å². The molecule has 1 aromatic carbocycles. The molecule has 4 heterocycles. The number of fused-ring (bicyclic) bond motifs is 2. The van der Waals surface area contributed by atoms with Crippen molar-refractivity contribution < 1.29 is 4.74 Å². The number of rotatable bonds is 6. The summed E-state index contributed by atoms with van der Waals surface area (Å²) >= 11 is 0. The maximum absolute atomic E-state index is 13.0. The minimum atomic E-state index is -0.136. The normalized spacial score (nSPS) is 13.3. The maximum Gasteiger partial charge on any atom is 0.278 e. The number of hydrogen-bond donors (Lipinski definition) is 2. The van der Waals surface area contributed by atoms with Gasteiger partial charge >= 0.3 is 0 Å². The van der Waals surface area contributed by atoms with Gasteiger partial charge < -0.3 is 15.4 Å². The van der Waals surface area contributed by atoms with Gasteiger partial charge in [-0.3, -0.25) is 4.79 Å². The van der Waals surface area contributed by atoms with Crippen LogP contribution in [0, 0.1) is 0 Å². The van der Waals surface area contributed by atoms with Gasteiger partial charge in [-0.1, -0.05) is 6.07 Å². The Bertz CT molecular complexity index is 1370. The van der Waals surface area contributed by atoms with E-state index in [1.54, 1.807) is 21.8 Å². The van der Waals surface area contributed by atoms with Gasteiger partial charge in [-0.25, -0.2) is 19.3 Å². The van der Waals surface area contributed by atoms with Crippen LogP contribution < -0.4 is 20.9 Å². The SMILES string of the molecule is CCn1c(=O)c2cnc(Nc3ccc4c(c3)CCNC4)nc2n1-c1ccnc(OC(C)C)c1. The molecule has 4 aromatic rings. The minimum absolute atomic E-state index is 0.00643. The van der Waals surface area contributed by atoms with Crippen molar-refractivity contribution in [3.8, 4) is 11.6 Å². The predicted octanol–water partition coefficient (Wildman–Crippen LogP) is 3.17. The Hall–Kier alpha value is -3.72. The van der Waals surface area contributed by atoms with Crippen LogP contribution in [0.3, 0.4) is 0 Å². The number of pyridine rings is 1. The molecule has 0 fully saturated rings. The third-order valence-corrected chi connectivity index (χ3v) is 5.64. The fourth-order valence-corrected chi connectivity index (χ4v) is 4.16. The molecule has 3 aromatic heterocycles. The van der Waals surface area contributed by atoms with Gasteiger partial charge in [0.05, 0.1) is 11.8 Å². The van der Waals surface area contributed by atoms with E-state index >= 15 is 0 Å². The monoisotopic (exact) mass is 445 g/mol. The summed E-state index contributed by atoms with van der Waals surface area (Å²) in [6.45, 7) is 8.18. The lowest BCUT2D eigenvalue weighted by atomic mass is 10.0. The van der Waals surface area contributed by atoms with E-state index in [-0.39, 0.29) is 11.7 Å². The molecule has 1 aliphatic rings. The van der Waals surface area contributed by atoms with Crippen LogP contribution in [0.15, 0.2) is 47.5 Å². The number of benzene rings is 1. The van der Waals surface area contributed by atoms with Crippen LogP contribution >= 0.6 is 0 Å². The van der Waals surface area contributed by atoms with Crippen LogP contribution in [-0.4, -0.2) is 37.0 Å². The first-order valence-electron chi connectivity index (χ1n) is 11.2. The molecule has 33 heavy (non-hydrogen) atoms. The number of nitrogens with zero attached hydrogens (tertiary/aromatic N) is 5. The van der Waals surface area contributed by atoms with E-state index in [4.69, 9.17) is 9.72 Å². The first kappa shape index (κ1) is 21.1. The van der Waals surface area contributed by atoms with Gasteiger partial charge in [0.25, 0.3) is 5.56 Å². The molecule has 0 amide bonds. The van der Waals surface area contributed by atoms with Crippen LogP contribution in [-0.2, 0) is 19.5 Å². The summed E-state index contributed by atoms with van der Waals surface area (Å²) in [5.41, 5.74) is 4.71. The molecule has 0 unspecified atom stereocenters. The molecular formula is C24H27N7O2. The molecule has 0 saturated heterocycles. The lowest BCUT2D eigenvalue weighted by Crippen LogP contribution is -2.23. The van der Waals surface area contributed by atoms with Gasteiger partial charge in [-0.15, -0.1) is 0 Å². The molecule has 9 nitrogen and oxygen atoms in total. The summed E-state index contributed by atoms with van der Waals surface area (Å²) in [4.78, 5) is 26.5. The number of aromatic nitrogens is 5. The second kappa shape index (κ2) is 8.67. The molecule has 0 aliphatic carbocycles. The highest BCUT2D eigenvalue weighted by Crippen LogP contribution is 2.23. The molecule has 0 bridgehead atoms.